The van der Waals surface area contributed by atoms with Gasteiger partial charge in [-0.15, -0.1) is 0 Å². The molecule has 6 heteroatoms. The summed E-state index contributed by atoms with van der Waals surface area (Å²) in [6, 6.07) is 0. The Morgan fingerprint density at radius 2 is 2.13 bits per heavy atom. The van der Waals surface area contributed by atoms with Crippen LogP contribution in [0.5, 0.6) is 0 Å². The Morgan fingerprint density at radius 3 is 2.74 bits per heavy atom. The maximum absolute atomic E-state index is 12.4. The van der Waals surface area contributed by atoms with E-state index >= 15 is 0 Å². The first-order valence-electron chi connectivity index (χ1n) is 8.78. The number of nitrogens with zero attached hydrogens (tertiary/aromatic N) is 2. The minimum absolute atomic E-state index is 0.251. The molecule has 6 nitrogen and oxygen atoms in total. The summed E-state index contributed by atoms with van der Waals surface area (Å²) in [4.78, 5) is 16.0. The average molecular weight is 322 g/mol. The minimum atomic E-state index is 0.251. The minimum Gasteiger partial charge on any atom is -0.372 e. The van der Waals surface area contributed by atoms with Crippen LogP contribution in [0.3, 0.4) is 0 Å². The van der Waals surface area contributed by atoms with E-state index in [0.29, 0.717) is 12.5 Å². The number of amides is 1. The number of hydrogen-bond donors (Lipinski definition) is 1. The van der Waals surface area contributed by atoms with Gasteiger partial charge in [0.1, 0.15) is 18.4 Å². The molecule has 1 aromatic heterocycles. The van der Waals surface area contributed by atoms with Gasteiger partial charge in [-0.25, -0.2) is 0 Å². The predicted octanol–water partition coefficient (Wildman–Crippen LogP) is 0.130. The molecule has 1 N–H and O–H groups in total. The first kappa shape index (κ1) is 16.5. The summed E-state index contributed by atoms with van der Waals surface area (Å²) < 4.78 is 10.9. The molecule has 0 aromatic carbocycles. The monoisotopic (exact) mass is 322 g/mol. The SMILES string of the molecule is Cc1noc(C)c1CCC(=O)N1CC[NH+](C[C@@H]2CCCO2)CC1. The Hall–Kier alpha value is -1.40. The number of aromatic nitrogens is 1. The van der Waals surface area contributed by atoms with Crippen LogP contribution in [0.4, 0.5) is 0 Å². The van der Waals surface area contributed by atoms with Crippen LogP contribution in [0, 0.1) is 13.8 Å². The van der Waals surface area contributed by atoms with Gasteiger partial charge in [0.05, 0.1) is 31.9 Å². The van der Waals surface area contributed by atoms with Crippen molar-refractivity contribution in [3.05, 3.63) is 17.0 Å². The zero-order valence-electron chi connectivity index (χ0n) is 14.3. The maximum Gasteiger partial charge on any atom is 0.223 e. The number of quaternary nitrogens is 1. The average Bonchev–Trinajstić information content (AvgIpc) is 3.17. The molecule has 0 radical (unpaired) electrons. The first-order chi connectivity index (χ1) is 11.1. The largest absolute Gasteiger partial charge is 0.372 e. The van der Waals surface area contributed by atoms with Crippen molar-refractivity contribution in [1.82, 2.24) is 10.1 Å². The van der Waals surface area contributed by atoms with E-state index in [1.165, 1.54) is 12.8 Å². The van der Waals surface area contributed by atoms with Crippen LogP contribution in [0.2, 0.25) is 0 Å². The summed E-state index contributed by atoms with van der Waals surface area (Å²) in [7, 11) is 0. The Morgan fingerprint density at radius 1 is 1.35 bits per heavy atom. The predicted molar refractivity (Wildman–Crippen MR) is 85.4 cm³/mol. The summed E-state index contributed by atoms with van der Waals surface area (Å²) in [5.41, 5.74) is 1.99. The van der Waals surface area contributed by atoms with E-state index in [1.54, 1.807) is 4.90 Å². The van der Waals surface area contributed by atoms with Gasteiger partial charge in [0.15, 0.2) is 0 Å². The lowest BCUT2D eigenvalue weighted by molar-refractivity contribution is -0.906. The normalized spacial score (nSPS) is 22.7. The second kappa shape index (κ2) is 7.45. The topological polar surface area (TPSA) is 60.0 Å². The Balaban J connectivity index is 1.41. The molecule has 3 rings (SSSR count). The highest BCUT2D eigenvalue weighted by Gasteiger charge is 2.27. The number of carbonyl (C=O) groups excluding carboxylic acids is 1. The fraction of sp³-hybridized carbons (Fsp3) is 0.765. The Kier molecular flexibility index (Phi) is 5.33. The molecule has 2 fully saturated rings. The van der Waals surface area contributed by atoms with E-state index in [-0.39, 0.29) is 5.91 Å². The van der Waals surface area contributed by atoms with E-state index in [1.807, 2.05) is 18.7 Å². The smallest absolute Gasteiger partial charge is 0.223 e. The Bertz CT molecular complexity index is 510. The van der Waals surface area contributed by atoms with E-state index in [4.69, 9.17) is 9.26 Å². The molecule has 1 aromatic rings. The highest BCUT2D eigenvalue weighted by Crippen LogP contribution is 2.15. The molecule has 1 atom stereocenters. The van der Waals surface area contributed by atoms with Crippen LogP contribution >= 0.6 is 0 Å². The third-order valence-corrected chi connectivity index (χ3v) is 5.13. The first-order valence-corrected chi connectivity index (χ1v) is 8.78. The van der Waals surface area contributed by atoms with E-state index in [0.717, 1.165) is 62.8 Å². The van der Waals surface area contributed by atoms with Gasteiger partial charge < -0.3 is 19.1 Å². The number of aryl methyl sites for hydroxylation is 2. The van der Waals surface area contributed by atoms with Gasteiger partial charge in [0.2, 0.25) is 5.91 Å². The lowest BCUT2D eigenvalue weighted by atomic mass is 10.1. The molecule has 23 heavy (non-hydrogen) atoms. The summed E-state index contributed by atoms with van der Waals surface area (Å²) in [6.45, 7) is 9.67. The van der Waals surface area contributed by atoms with Crippen molar-refractivity contribution >= 4 is 5.91 Å². The number of ether oxygens (including phenoxy) is 1. The van der Waals surface area contributed by atoms with Gasteiger partial charge in [-0.05, 0) is 33.1 Å². The van der Waals surface area contributed by atoms with Crippen LogP contribution in [-0.2, 0) is 16.0 Å². The van der Waals surface area contributed by atoms with Crippen molar-refractivity contribution in [3.8, 4) is 0 Å². The standard InChI is InChI=1S/C17H27N3O3/c1-13-16(14(2)23-18-13)5-6-17(21)20-9-7-19(8-10-20)12-15-4-3-11-22-15/h15H,3-12H2,1-2H3/p+1/t15-/m0/s1. The number of hydrogen-bond acceptors (Lipinski definition) is 4. The van der Waals surface area contributed by atoms with Crippen LogP contribution in [0.1, 0.15) is 36.3 Å². The molecule has 2 aliphatic heterocycles. The maximum atomic E-state index is 12.4. The fourth-order valence-corrected chi connectivity index (χ4v) is 3.65. The molecular weight excluding hydrogens is 294 g/mol. The van der Waals surface area contributed by atoms with Crippen molar-refractivity contribution in [1.29, 1.82) is 0 Å². The summed E-state index contributed by atoms with van der Waals surface area (Å²) >= 11 is 0. The summed E-state index contributed by atoms with van der Waals surface area (Å²) in [5, 5.41) is 3.95. The van der Waals surface area contributed by atoms with Gasteiger partial charge in [-0.3, -0.25) is 4.79 Å². The van der Waals surface area contributed by atoms with E-state index in [9.17, 15) is 4.79 Å². The number of rotatable bonds is 5. The summed E-state index contributed by atoms with van der Waals surface area (Å²) in [5.74, 6) is 1.09. The molecular formula is C17H28N3O3+. The fourth-order valence-electron chi connectivity index (χ4n) is 3.65. The highest BCUT2D eigenvalue weighted by molar-refractivity contribution is 5.76. The van der Waals surface area contributed by atoms with Gasteiger partial charge in [-0.1, -0.05) is 5.16 Å². The van der Waals surface area contributed by atoms with Crippen LogP contribution in [-0.4, -0.2) is 61.4 Å². The molecule has 2 saturated heterocycles. The van der Waals surface area contributed by atoms with Crippen molar-refractivity contribution < 1.29 is 19.0 Å². The number of nitrogens with one attached hydrogen (secondary N) is 1. The molecule has 0 aliphatic carbocycles. The number of piperazine rings is 1. The summed E-state index contributed by atoms with van der Waals surface area (Å²) in [6.07, 6.45) is 4.10. The second-order valence-corrected chi connectivity index (χ2v) is 6.77. The van der Waals surface area contributed by atoms with Crippen molar-refractivity contribution in [3.63, 3.8) is 0 Å². The third-order valence-electron chi connectivity index (χ3n) is 5.13. The van der Waals surface area contributed by atoms with Crippen molar-refractivity contribution in [2.24, 2.45) is 0 Å². The second-order valence-electron chi connectivity index (χ2n) is 6.77. The molecule has 0 spiro atoms. The van der Waals surface area contributed by atoms with Gasteiger partial charge >= 0.3 is 0 Å². The van der Waals surface area contributed by atoms with Gasteiger partial charge in [0, 0.05) is 18.6 Å². The molecule has 3 heterocycles. The van der Waals surface area contributed by atoms with Crippen LogP contribution in [0.25, 0.3) is 0 Å². The van der Waals surface area contributed by atoms with Crippen molar-refractivity contribution in [2.75, 3.05) is 39.3 Å². The number of carbonyl (C=O) groups is 1. The van der Waals surface area contributed by atoms with Crippen LogP contribution < -0.4 is 4.90 Å². The third kappa shape index (κ3) is 4.12. The highest BCUT2D eigenvalue weighted by atomic mass is 16.5. The van der Waals surface area contributed by atoms with Crippen LogP contribution in [0.15, 0.2) is 4.52 Å². The molecule has 0 bridgehead atoms. The molecule has 128 valence electrons. The lowest BCUT2D eigenvalue weighted by Gasteiger charge is -2.33. The van der Waals surface area contributed by atoms with E-state index < -0.39 is 0 Å². The lowest BCUT2D eigenvalue weighted by Crippen LogP contribution is -3.15. The molecule has 2 aliphatic rings. The zero-order chi connectivity index (χ0) is 16.2. The van der Waals surface area contributed by atoms with Crippen molar-refractivity contribution in [2.45, 2.75) is 45.6 Å². The zero-order valence-corrected chi connectivity index (χ0v) is 14.3. The Labute approximate surface area is 137 Å². The molecule has 0 saturated carbocycles. The van der Waals surface area contributed by atoms with Gasteiger partial charge in [-0.2, -0.15) is 0 Å². The van der Waals surface area contributed by atoms with E-state index in [2.05, 4.69) is 5.16 Å². The quantitative estimate of drug-likeness (QED) is 0.837. The van der Waals surface area contributed by atoms with Gasteiger partial charge in [0.25, 0.3) is 0 Å². The molecule has 0 unspecified atom stereocenters. The molecule has 1 amide bonds.